The molecule has 0 aliphatic heterocycles. The van der Waals surface area contributed by atoms with Gasteiger partial charge < -0.3 is 0 Å². The van der Waals surface area contributed by atoms with Crippen LogP contribution >= 0.6 is 15.9 Å². The lowest BCUT2D eigenvalue weighted by Crippen LogP contribution is -2.20. The van der Waals surface area contributed by atoms with Crippen molar-refractivity contribution in [1.29, 1.82) is 0 Å². The number of alkyl halides is 1. The highest BCUT2D eigenvalue weighted by atomic mass is 79.9. The summed E-state index contributed by atoms with van der Waals surface area (Å²) in [6.07, 6.45) is 3.55. The third kappa shape index (κ3) is 5.56. The molecule has 1 unspecified atom stereocenters. The summed E-state index contributed by atoms with van der Waals surface area (Å²) in [6, 6.07) is 9.08. The number of halogens is 1. The van der Waals surface area contributed by atoms with Crippen LogP contribution < -0.4 is 0 Å². The van der Waals surface area contributed by atoms with Gasteiger partial charge >= 0.3 is 0 Å². The molecule has 102 valence electrons. The van der Waals surface area contributed by atoms with E-state index in [2.05, 4.69) is 74.8 Å². The molecule has 0 saturated carbocycles. The Labute approximate surface area is 121 Å². The molecule has 0 aliphatic rings. The quantitative estimate of drug-likeness (QED) is 0.618. The molecule has 0 radical (unpaired) electrons. The van der Waals surface area contributed by atoms with Gasteiger partial charge in [-0.2, -0.15) is 0 Å². The summed E-state index contributed by atoms with van der Waals surface area (Å²) in [5, 5.41) is 0. The molecule has 0 aliphatic carbocycles. The van der Waals surface area contributed by atoms with Gasteiger partial charge in [-0.15, -0.1) is 0 Å². The fourth-order valence-electron chi connectivity index (χ4n) is 2.11. The van der Waals surface area contributed by atoms with Crippen molar-refractivity contribution in [3.05, 3.63) is 35.4 Å². The summed E-state index contributed by atoms with van der Waals surface area (Å²) in [7, 11) is 0. The van der Waals surface area contributed by atoms with Crippen LogP contribution in [-0.2, 0) is 12.8 Å². The second-order valence-electron chi connectivity index (χ2n) is 6.79. The van der Waals surface area contributed by atoms with Crippen LogP contribution in [0.3, 0.4) is 0 Å². The zero-order valence-corrected chi connectivity index (χ0v) is 14.0. The van der Waals surface area contributed by atoms with E-state index in [1.165, 1.54) is 30.4 Å². The summed E-state index contributed by atoms with van der Waals surface area (Å²) in [5.41, 5.74) is 3.29. The number of rotatable bonds is 5. The lowest BCUT2D eigenvalue weighted by atomic mass is 9.88. The van der Waals surface area contributed by atoms with Gasteiger partial charge in [-0.05, 0) is 41.7 Å². The van der Waals surface area contributed by atoms with E-state index in [9.17, 15) is 0 Å². The van der Waals surface area contributed by atoms with Crippen LogP contribution in [0.15, 0.2) is 24.3 Å². The summed E-state index contributed by atoms with van der Waals surface area (Å²) in [5.74, 6) is 0.735. The van der Waals surface area contributed by atoms with Crippen LogP contribution in [0.2, 0.25) is 0 Å². The maximum atomic E-state index is 3.81. The van der Waals surface area contributed by atoms with Gasteiger partial charge in [0.15, 0.2) is 0 Å². The van der Waals surface area contributed by atoms with Gasteiger partial charge in [0, 0.05) is 4.83 Å². The molecular weight excluding hydrogens is 284 g/mol. The van der Waals surface area contributed by atoms with E-state index in [1.807, 2.05) is 0 Å². The first-order valence-electron chi connectivity index (χ1n) is 7.01. The van der Waals surface area contributed by atoms with E-state index in [0.717, 1.165) is 5.92 Å². The van der Waals surface area contributed by atoms with Crippen molar-refractivity contribution in [2.45, 2.75) is 58.7 Å². The molecule has 0 saturated heterocycles. The number of aryl methyl sites for hydroxylation is 1. The van der Waals surface area contributed by atoms with Gasteiger partial charge in [0.2, 0.25) is 0 Å². The molecule has 18 heavy (non-hydrogen) atoms. The Morgan fingerprint density at radius 2 is 1.72 bits per heavy atom. The van der Waals surface area contributed by atoms with Crippen molar-refractivity contribution in [3.63, 3.8) is 0 Å². The van der Waals surface area contributed by atoms with Gasteiger partial charge in [-0.1, -0.05) is 74.8 Å². The van der Waals surface area contributed by atoms with Crippen LogP contribution in [0.25, 0.3) is 0 Å². The Morgan fingerprint density at radius 3 is 2.28 bits per heavy atom. The topological polar surface area (TPSA) is 0 Å². The molecule has 0 fully saturated rings. The first-order valence-corrected chi connectivity index (χ1v) is 7.92. The monoisotopic (exact) mass is 310 g/mol. The highest BCUT2D eigenvalue weighted by Gasteiger charge is 2.21. The van der Waals surface area contributed by atoms with Crippen molar-refractivity contribution in [2.75, 3.05) is 0 Å². The Bertz CT molecular complexity index is 360. The van der Waals surface area contributed by atoms with Crippen molar-refractivity contribution < 1.29 is 0 Å². The maximum Gasteiger partial charge on any atom is 0.0197 e. The fraction of sp³-hybridized carbons (Fsp3) is 0.647. The van der Waals surface area contributed by atoms with E-state index in [1.54, 1.807) is 0 Å². The molecule has 0 bridgehead atoms. The van der Waals surface area contributed by atoms with Gasteiger partial charge in [0.05, 0.1) is 0 Å². The van der Waals surface area contributed by atoms with Crippen molar-refractivity contribution >= 4 is 15.9 Å². The SMILES string of the molecule is CC(C)Cc1cccc(CCC(Br)C(C)(C)C)c1. The fourth-order valence-corrected chi connectivity index (χ4v) is 2.34. The highest BCUT2D eigenvalue weighted by molar-refractivity contribution is 9.09. The molecule has 1 heteroatoms. The minimum atomic E-state index is 0.343. The van der Waals surface area contributed by atoms with E-state index < -0.39 is 0 Å². The molecule has 0 N–H and O–H groups in total. The Kier molecular flexibility index (Phi) is 5.91. The molecule has 0 heterocycles. The summed E-state index contributed by atoms with van der Waals surface area (Å²) < 4.78 is 0. The standard InChI is InChI=1S/C17H27Br/c1-13(2)11-15-8-6-7-14(12-15)9-10-16(18)17(3,4)5/h6-8,12-13,16H,9-11H2,1-5H3. The van der Waals surface area contributed by atoms with Crippen molar-refractivity contribution in [1.82, 2.24) is 0 Å². The van der Waals surface area contributed by atoms with Gasteiger partial charge in [0.1, 0.15) is 0 Å². The third-order valence-electron chi connectivity index (χ3n) is 3.26. The lowest BCUT2D eigenvalue weighted by Gasteiger charge is -2.25. The minimum Gasteiger partial charge on any atom is -0.0885 e. The van der Waals surface area contributed by atoms with Crippen LogP contribution in [-0.4, -0.2) is 4.83 Å². The molecular formula is C17H27Br. The smallest absolute Gasteiger partial charge is 0.0197 e. The maximum absolute atomic E-state index is 3.81. The van der Waals surface area contributed by atoms with Crippen LogP contribution in [0.5, 0.6) is 0 Å². The molecule has 1 rings (SSSR count). The number of hydrogen-bond donors (Lipinski definition) is 0. The van der Waals surface area contributed by atoms with Crippen LogP contribution in [0.1, 0.15) is 52.2 Å². The first-order chi connectivity index (χ1) is 8.29. The summed E-state index contributed by atoms with van der Waals surface area (Å²) in [4.78, 5) is 0.582. The molecule has 1 aromatic rings. The summed E-state index contributed by atoms with van der Waals surface area (Å²) in [6.45, 7) is 11.4. The highest BCUT2D eigenvalue weighted by Crippen LogP contribution is 2.29. The van der Waals surface area contributed by atoms with Crippen molar-refractivity contribution in [2.24, 2.45) is 11.3 Å². The van der Waals surface area contributed by atoms with Crippen molar-refractivity contribution in [3.8, 4) is 0 Å². The Balaban J connectivity index is 2.57. The molecule has 1 aromatic carbocycles. The van der Waals surface area contributed by atoms with E-state index >= 15 is 0 Å². The second kappa shape index (κ2) is 6.75. The zero-order chi connectivity index (χ0) is 13.8. The largest absolute Gasteiger partial charge is 0.0885 e. The molecule has 1 atom stereocenters. The normalized spacial score (nSPS) is 13.9. The van der Waals surface area contributed by atoms with E-state index in [4.69, 9.17) is 0 Å². The predicted molar refractivity (Wildman–Crippen MR) is 85.5 cm³/mol. The van der Waals surface area contributed by atoms with Crippen LogP contribution in [0.4, 0.5) is 0 Å². The van der Waals surface area contributed by atoms with E-state index in [0.29, 0.717) is 10.2 Å². The molecule has 0 aromatic heterocycles. The lowest BCUT2D eigenvalue weighted by molar-refractivity contribution is 0.386. The first kappa shape index (κ1) is 15.8. The zero-order valence-electron chi connectivity index (χ0n) is 12.5. The van der Waals surface area contributed by atoms with Gasteiger partial charge in [-0.3, -0.25) is 0 Å². The minimum absolute atomic E-state index is 0.343. The van der Waals surface area contributed by atoms with E-state index in [-0.39, 0.29) is 0 Å². The number of benzene rings is 1. The predicted octanol–water partition coefficient (Wildman–Crippen LogP) is 5.63. The third-order valence-corrected chi connectivity index (χ3v) is 5.09. The molecule has 0 nitrogen and oxygen atoms in total. The van der Waals surface area contributed by atoms with Crippen LogP contribution in [0, 0.1) is 11.3 Å². The van der Waals surface area contributed by atoms with Gasteiger partial charge in [0.25, 0.3) is 0 Å². The second-order valence-corrected chi connectivity index (χ2v) is 7.90. The number of hydrogen-bond acceptors (Lipinski definition) is 0. The average Bonchev–Trinajstić information content (AvgIpc) is 2.24. The average molecular weight is 311 g/mol. The van der Waals surface area contributed by atoms with Gasteiger partial charge in [-0.25, -0.2) is 0 Å². The Hall–Kier alpha value is -0.300. The Morgan fingerprint density at radius 1 is 1.11 bits per heavy atom. The molecule has 0 spiro atoms. The summed E-state index contributed by atoms with van der Waals surface area (Å²) >= 11 is 3.81. The molecule has 0 amide bonds.